The molecule has 0 unspecified atom stereocenters. The zero-order chi connectivity index (χ0) is 14.7. The van der Waals surface area contributed by atoms with Crippen LogP contribution in [0.4, 0.5) is 5.69 Å². The molecule has 1 N–H and O–H groups in total. The number of halogens is 1. The van der Waals surface area contributed by atoms with Crippen LogP contribution >= 0.6 is 15.9 Å². The summed E-state index contributed by atoms with van der Waals surface area (Å²) in [5, 5.41) is 9.15. The number of carbonyl (C=O) groups excluding carboxylic acids is 1. The molecule has 2 rings (SSSR count). The van der Waals surface area contributed by atoms with E-state index in [2.05, 4.69) is 20.9 Å². The molecule has 20 heavy (non-hydrogen) atoms. The van der Waals surface area contributed by atoms with Gasteiger partial charge in [-0.1, -0.05) is 18.2 Å². The van der Waals surface area contributed by atoms with Gasteiger partial charge >= 0.3 is 5.97 Å². The lowest BCUT2D eigenvalue weighted by atomic mass is 10.1. The van der Waals surface area contributed by atoms with E-state index in [1.54, 1.807) is 36.4 Å². The van der Waals surface area contributed by atoms with Gasteiger partial charge in [0.15, 0.2) is 0 Å². The number of aromatic nitrogens is 1. The summed E-state index contributed by atoms with van der Waals surface area (Å²) < 4.78 is 0.545. The molecule has 2 aromatic rings. The van der Waals surface area contributed by atoms with Gasteiger partial charge in [-0.25, -0.2) is 9.78 Å². The van der Waals surface area contributed by atoms with Crippen LogP contribution in [-0.4, -0.2) is 29.0 Å². The summed E-state index contributed by atoms with van der Waals surface area (Å²) >= 11 is 3.20. The molecule has 0 atom stereocenters. The minimum absolute atomic E-state index is 0.0679. The average molecular weight is 335 g/mol. The highest BCUT2D eigenvalue weighted by Crippen LogP contribution is 2.21. The van der Waals surface area contributed by atoms with E-state index >= 15 is 0 Å². The van der Waals surface area contributed by atoms with Crippen molar-refractivity contribution in [2.75, 3.05) is 11.9 Å². The first-order valence-corrected chi connectivity index (χ1v) is 6.53. The number of anilines is 1. The van der Waals surface area contributed by atoms with Crippen molar-refractivity contribution in [2.24, 2.45) is 0 Å². The van der Waals surface area contributed by atoms with E-state index in [-0.39, 0.29) is 17.2 Å². The lowest BCUT2D eigenvalue weighted by molar-refractivity contribution is 0.0697. The number of carboxylic acids is 1. The molecule has 0 saturated heterocycles. The first-order valence-electron chi connectivity index (χ1n) is 5.73. The van der Waals surface area contributed by atoms with Crippen LogP contribution < -0.4 is 4.90 Å². The quantitative estimate of drug-likeness (QED) is 0.876. The normalized spacial score (nSPS) is 10.1. The number of rotatable bonds is 3. The van der Waals surface area contributed by atoms with Gasteiger partial charge in [-0.15, -0.1) is 0 Å². The number of pyridine rings is 1. The summed E-state index contributed by atoms with van der Waals surface area (Å²) in [4.78, 5) is 28.8. The third-order valence-corrected chi connectivity index (χ3v) is 3.18. The van der Waals surface area contributed by atoms with E-state index in [0.717, 1.165) is 0 Å². The summed E-state index contributed by atoms with van der Waals surface area (Å²) in [6.45, 7) is 0. The molecule has 1 aromatic carbocycles. The maximum Gasteiger partial charge on any atom is 0.337 e. The van der Waals surface area contributed by atoms with Gasteiger partial charge in [0.1, 0.15) is 10.3 Å². The summed E-state index contributed by atoms with van der Waals surface area (Å²) in [6, 6.07) is 11.3. The Labute approximate surface area is 124 Å². The Morgan fingerprint density at radius 1 is 1.15 bits per heavy atom. The van der Waals surface area contributed by atoms with Gasteiger partial charge < -0.3 is 10.0 Å². The van der Waals surface area contributed by atoms with Crippen LogP contribution in [-0.2, 0) is 0 Å². The van der Waals surface area contributed by atoms with Crippen LogP contribution in [0.25, 0.3) is 0 Å². The van der Waals surface area contributed by atoms with Crippen molar-refractivity contribution in [1.29, 1.82) is 0 Å². The molecule has 1 amide bonds. The van der Waals surface area contributed by atoms with Crippen molar-refractivity contribution in [3.63, 3.8) is 0 Å². The molecular weight excluding hydrogens is 324 g/mol. The monoisotopic (exact) mass is 334 g/mol. The zero-order valence-electron chi connectivity index (χ0n) is 10.6. The summed E-state index contributed by atoms with van der Waals surface area (Å²) in [5.41, 5.74) is 0.632. The average Bonchev–Trinajstić information content (AvgIpc) is 2.45. The third kappa shape index (κ3) is 2.85. The van der Waals surface area contributed by atoms with E-state index in [9.17, 15) is 9.59 Å². The maximum absolute atomic E-state index is 12.3. The highest BCUT2D eigenvalue weighted by atomic mass is 79.9. The molecule has 102 valence electrons. The van der Waals surface area contributed by atoms with Crippen molar-refractivity contribution in [3.05, 3.63) is 58.3 Å². The Morgan fingerprint density at radius 2 is 1.85 bits per heavy atom. The Kier molecular flexibility index (Phi) is 4.14. The van der Waals surface area contributed by atoms with E-state index in [4.69, 9.17) is 5.11 Å². The molecular formula is C14H11BrN2O3. The number of nitrogens with zero attached hydrogens (tertiary/aromatic N) is 2. The van der Waals surface area contributed by atoms with Gasteiger partial charge in [0.05, 0.1) is 11.3 Å². The van der Waals surface area contributed by atoms with Crippen LogP contribution in [0.1, 0.15) is 20.8 Å². The van der Waals surface area contributed by atoms with Crippen molar-refractivity contribution in [2.45, 2.75) is 0 Å². The lowest BCUT2D eigenvalue weighted by Crippen LogP contribution is -2.28. The van der Waals surface area contributed by atoms with Crippen molar-refractivity contribution < 1.29 is 14.7 Å². The van der Waals surface area contributed by atoms with Crippen LogP contribution in [0.5, 0.6) is 0 Å². The van der Waals surface area contributed by atoms with Crippen molar-refractivity contribution >= 4 is 33.5 Å². The molecule has 1 heterocycles. The minimum Gasteiger partial charge on any atom is -0.478 e. The van der Waals surface area contributed by atoms with Crippen LogP contribution in [0.2, 0.25) is 0 Å². The standard InChI is InChI=1S/C14H11BrN2O3/c1-17(11-7-3-2-5-9(11)14(19)20)13(18)10-6-4-8-12(15)16-10/h2-8H,1H3,(H,19,20). The zero-order valence-corrected chi connectivity index (χ0v) is 12.2. The fourth-order valence-corrected chi connectivity index (χ4v) is 2.10. The highest BCUT2D eigenvalue weighted by molar-refractivity contribution is 9.10. The van der Waals surface area contributed by atoms with Gasteiger partial charge in [0.2, 0.25) is 0 Å². The highest BCUT2D eigenvalue weighted by Gasteiger charge is 2.19. The van der Waals surface area contributed by atoms with E-state index in [0.29, 0.717) is 10.3 Å². The molecule has 0 bridgehead atoms. The lowest BCUT2D eigenvalue weighted by Gasteiger charge is -2.18. The second kappa shape index (κ2) is 5.83. The molecule has 0 spiro atoms. The minimum atomic E-state index is -1.08. The predicted molar refractivity (Wildman–Crippen MR) is 78.1 cm³/mol. The van der Waals surface area contributed by atoms with E-state index in [1.165, 1.54) is 18.0 Å². The molecule has 0 fully saturated rings. The van der Waals surface area contributed by atoms with Gasteiger partial charge in [-0.3, -0.25) is 4.79 Å². The number of carbonyl (C=O) groups is 2. The molecule has 6 heteroatoms. The smallest absolute Gasteiger partial charge is 0.337 e. The number of aromatic carboxylic acids is 1. The number of hydrogen-bond acceptors (Lipinski definition) is 3. The second-order valence-electron chi connectivity index (χ2n) is 4.03. The molecule has 0 aliphatic heterocycles. The van der Waals surface area contributed by atoms with E-state index < -0.39 is 5.97 Å². The van der Waals surface area contributed by atoms with Gasteiger partial charge in [-0.05, 0) is 40.2 Å². The summed E-state index contributed by atoms with van der Waals surface area (Å²) in [7, 11) is 1.52. The molecule has 0 aliphatic carbocycles. The van der Waals surface area contributed by atoms with Gasteiger partial charge in [-0.2, -0.15) is 0 Å². The second-order valence-corrected chi connectivity index (χ2v) is 4.84. The fraction of sp³-hybridized carbons (Fsp3) is 0.0714. The first-order chi connectivity index (χ1) is 9.50. The molecule has 5 nitrogen and oxygen atoms in total. The third-order valence-electron chi connectivity index (χ3n) is 2.73. The number of amides is 1. The Morgan fingerprint density at radius 3 is 2.50 bits per heavy atom. The predicted octanol–water partition coefficient (Wildman–Crippen LogP) is 2.82. The number of benzene rings is 1. The molecule has 1 aromatic heterocycles. The Bertz CT molecular complexity index is 673. The van der Waals surface area contributed by atoms with Crippen LogP contribution in [0, 0.1) is 0 Å². The summed E-state index contributed by atoms with van der Waals surface area (Å²) in [6.07, 6.45) is 0. The fourth-order valence-electron chi connectivity index (χ4n) is 1.76. The SMILES string of the molecule is CN(C(=O)c1cccc(Br)n1)c1ccccc1C(=O)O. The van der Waals surface area contributed by atoms with Crippen molar-refractivity contribution in [3.8, 4) is 0 Å². The Hall–Kier alpha value is -2.21. The number of para-hydroxylation sites is 1. The van der Waals surface area contributed by atoms with Crippen LogP contribution in [0.3, 0.4) is 0 Å². The largest absolute Gasteiger partial charge is 0.478 e. The number of hydrogen-bond donors (Lipinski definition) is 1. The van der Waals surface area contributed by atoms with Gasteiger partial charge in [0, 0.05) is 7.05 Å². The van der Waals surface area contributed by atoms with Gasteiger partial charge in [0.25, 0.3) is 5.91 Å². The van der Waals surface area contributed by atoms with Crippen molar-refractivity contribution in [1.82, 2.24) is 4.98 Å². The van der Waals surface area contributed by atoms with Crippen LogP contribution in [0.15, 0.2) is 47.1 Å². The summed E-state index contributed by atoms with van der Waals surface area (Å²) in [5.74, 6) is -1.46. The molecule has 0 aliphatic rings. The number of carboxylic acid groups (broad SMARTS) is 1. The molecule has 0 saturated carbocycles. The molecule has 0 radical (unpaired) electrons. The van der Waals surface area contributed by atoms with E-state index in [1.807, 2.05) is 0 Å². The Balaban J connectivity index is 2.39. The first kappa shape index (κ1) is 14.2. The maximum atomic E-state index is 12.3. The topological polar surface area (TPSA) is 70.5 Å².